The van der Waals surface area contributed by atoms with Crippen LogP contribution < -0.4 is 5.32 Å². The first-order valence-electron chi connectivity index (χ1n) is 11.1. The lowest BCUT2D eigenvalue weighted by Gasteiger charge is -2.43. The molecule has 184 valence electrons. The van der Waals surface area contributed by atoms with Gasteiger partial charge in [0.15, 0.2) is 11.4 Å². The van der Waals surface area contributed by atoms with Crippen LogP contribution in [0.15, 0.2) is 42.5 Å². The molecule has 1 saturated carbocycles. The number of halogens is 3. The largest absolute Gasteiger partial charge is 0.370 e. The maximum absolute atomic E-state index is 14.2. The van der Waals surface area contributed by atoms with Crippen molar-refractivity contribution in [2.24, 2.45) is 0 Å². The average Bonchev–Trinajstić information content (AvgIpc) is 3.10. The molecule has 6 nitrogen and oxygen atoms in total. The lowest BCUT2D eigenvalue weighted by atomic mass is 9.78. The summed E-state index contributed by atoms with van der Waals surface area (Å²) in [6.07, 6.45) is -1.41. The van der Waals surface area contributed by atoms with Crippen LogP contribution in [0.1, 0.15) is 37.8 Å². The van der Waals surface area contributed by atoms with Gasteiger partial charge in [0.25, 0.3) is 5.91 Å². The van der Waals surface area contributed by atoms with E-state index in [1.807, 2.05) is 6.07 Å². The van der Waals surface area contributed by atoms with Gasteiger partial charge < -0.3 is 24.3 Å². The van der Waals surface area contributed by atoms with Crippen molar-refractivity contribution in [1.29, 1.82) is 0 Å². The molecule has 9 heteroatoms. The van der Waals surface area contributed by atoms with Gasteiger partial charge in [-0.15, -0.1) is 0 Å². The molecule has 2 aliphatic rings. The fourth-order valence-corrected chi connectivity index (χ4v) is 4.86. The zero-order valence-electron chi connectivity index (χ0n) is 19.3. The summed E-state index contributed by atoms with van der Waals surface area (Å²) in [6.45, 7) is 3.35. The van der Waals surface area contributed by atoms with Gasteiger partial charge in [0, 0.05) is 30.5 Å². The van der Waals surface area contributed by atoms with Crippen molar-refractivity contribution in [3.05, 3.63) is 70.2 Å². The number of hydrogen-bond donors (Lipinski definition) is 1. The Hall–Kier alpha value is -2.10. The normalized spacial score (nSPS) is 27.9. The monoisotopic (exact) mass is 495 g/mol. The molecule has 2 aromatic rings. The van der Waals surface area contributed by atoms with E-state index in [0.29, 0.717) is 5.02 Å². The molecule has 1 amide bonds. The van der Waals surface area contributed by atoms with Crippen LogP contribution in [-0.2, 0) is 37.0 Å². The highest BCUT2D eigenvalue weighted by Crippen LogP contribution is 2.44. The molecule has 1 unspecified atom stereocenters. The number of ether oxygens (including phenoxy) is 4. The lowest BCUT2D eigenvalue weighted by Crippen LogP contribution is -2.59. The molecule has 0 bridgehead atoms. The van der Waals surface area contributed by atoms with Crippen LogP contribution in [0.25, 0.3) is 0 Å². The Bertz CT molecular complexity index is 1030. The lowest BCUT2D eigenvalue weighted by molar-refractivity contribution is -0.183. The summed E-state index contributed by atoms with van der Waals surface area (Å²) in [5.41, 5.74) is -0.693. The van der Waals surface area contributed by atoms with Crippen molar-refractivity contribution in [3.63, 3.8) is 0 Å². The summed E-state index contributed by atoms with van der Waals surface area (Å²) in [5, 5.41) is 3.23. The van der Waals surface area contributed by atoms with Crippen LogP contribution in [0.2, 0.25) is 5.02 Å². The summed E-state index contributed by atoms with van der Waals surface area (Å²) < 4.78 is 52.8. The number of hydrogen-bond acceptors (Lipinski definition) is 5. The molecule has 2 aromatic carbocycles. The van der Waals surface area contributed by atoms with E-state index in [2.05, 4.69) is 5.32 Å². The van der Waals surface area contributed by atoms with Crippen LogP contribution >= 0.6 is 11.6 Å². The van der Waals surface area contributed by atoms with Crippen molar-refractivity contribution >= 4 is 17.5 Å². The van der Waals surface area contributed by atoms with E-state index in [4.69, 9.17) is 30.5 Å². The molecule has 34 heavy (non-hydrogen) atoms. The molecule has 1 saturated heterocycles. The van der Waals surface area contributed by atoms with Gasteiger partial charge in [-0.3, -0.25) is 4.79 Å². The Balaban J connectivity index is 1.60. The van der Waals surface area contributed by atoms with E-state index in [1.165, 1.54) is 25.2 Å². The zero-order valence-corrected chi connectivity index (χ0v) is 20.0. The first-order valence-corrected chi connectivity index (χ1v) is 11.5. The highest BCUT2D eigenvalue weighted by atomic mass is 35.5. The van der Waals surface area contributed by atoms with Gasteiger partial charge in [-0.05, 0) is 43.7 Å². The number of benzene rings is 2. The predicted octanol–water partition coefficient (Wildman–Crippen LogP) is 4.52. The first-order chi connectivity index (χ1) is 16.1. The Labute approximate surface area is 202 Å². The summed E-state index contributed by atoms with van der Waals surface area (Å²) in [4.78, 5) is 13.1. The zero-order chi connectivity index (χ0) is 24.5. The number of fused-ring (bicyclic) bond motifs is 1. The molecule has 1 aliphatic carbocycles. The summed E-state index contributed by atoms with van der Waals surface area (Å²) in [5.74, 6) is -2.66. The molecule has 1 N–H and O–H groups in total. The van der Waals surface area contributed by atoms with Gasteiger partial charge >= 0.3 is 0 Å². The average molecular weight is 496 g/mol. The van der Waals surface area contributed by atoms with Crippen molar-refractivity contribution in [2.45, 2.75) is 69.6 Å². The topological polar surface area (TPSA) is 66.0 Å². The fourth-order valence-electron chi connectivity index (χ4n) is 4.64. The number of amides is 1. The Morgan fingerprint density at radius 2 is 1.82 bits per heavy atom. The molecule has 0 spiro atoms. The minimum absolute atomic E-state index is 0.115. The van der Waals surface area contributed by atoms with Crippen LogP contribution in [0.5, 0.6) is 0 Å². The Kier molecular flexibility index (Phi) is 7.26. The minimum Gasteiger partial charge on any atom is -0.370 e. The van der Waals surface area contributed by atoms with Gasteiger partial charge in [-0.1, -0.05) is 29.8 Å². The second-order valence-electron chi connectivity index (χ2n) is 9.09. The summed E-state index contributed by atoms with van der Waals surface area (Å²) in [6, 6.07) is 10.8. The highest BCUT2D eigenvalue weighted by Gasteiger charge is 2.57. The third kappa shape index (κ3) is 5.26. The molecule has 1 aliphatic heterocycles. The van der Waals surface area contributed by atoms with Crippen LogP contribution in [-0.4, -0.2) is 42.7 Å². The third-order valence-corrected chi connectivity index (χ3v) is 6.43. The maximum atomic E-state index is 14.2. The summed E-state index contributed by atoms with van der Waals surface area (Å²) in [7, 11) is 1.53. The van der Waals surface area contributed by atoms with E-state index < -0.39 is 41.3 Å². The number of carbonyl (C=O) groups is 1. The van der Waals surface area contributed by atoms with Gasteiger partial charge in [-0.2, -0.15) is 0 Å². The molecule has 4 rings (SSSR count). The highest BCUT2D eigenvalue weighted by molar-refractivity contribution is 6.30. The minimum atomic E-state index is -1.31. The number of likely N-dealkylation sites (N-methyl/N-ethyl adjacent to an activating group) is 1. The smallest absolute Gasteiger partial charge is 0.252 e. The molecule has 2 fully saturated rings. The van der Waals surface area contributed by atoms with Crippen LogP contribution in [0, 0.1) is 11.6 Å². The summed E-state index contributed by atoms with van der Waals surface area (Å²) >= 11 is 6.09. The molecular weight excluding hydrogens is 468 g/mol. The molecule has 1 heterocycles. The van der Waals surface area contributed by atoms with Crippen molar-refractivity contribution in [3.8, 4) is 0 Å². The van der Waals surface area contributed by atoms with Crippen LogP contribution in [0.3, 0.4) is 0 Å². The number of rotatable bonds is 7. The second kappa shape index (κ2) is 9.87. The van der Waals surface area contributed by atoms with E-state index in [-0.39, 0.29) is 37.5 Å². The third-order valence-electron chi connectivity index (χ3n) is 6.20. The Morgan fingerprint density at radius 3 is 2.50 bits per heavy atom. The van der Waals surface area contributed by atoms with E-state index in [1.54, 1.807) is 32.0 Å². The van der Waals surface area contributed by atoms with Gasteiger partial charge in [0.2, 0.25) is 0 Å². The number of nitrogens with one attached hydrogen (secondary N) is 1. The van der Waals surface area contributed by atoms with Gasteiger partial charge in [-0.25, -0.2) is 8.78 Å². The molecular formula is C25H28ClF2NO5. The van der Waals surface area contributed by atoms with Crippen LogP contribution in [0.4, 0.5) is 8.78 Å². The first kappa shape index (κ1) is 25.0. The van der Waals surface area contributed by atoms with Crippen molar-refractivity contribution < 1.29 is 32.5 Å². The fraction of sp³-hybridized carbons (Fsp3) is 0.480. The quantitative estimate of drug-likeness (QED) is 0.612. The van der Waals surface area contributed by atoms with E-state index in [9.17, 15) is 13.6 Å². The standard InChI is InChI=1S/C25H28ClF2NO5/c1-24(2)33-21-12-25(23(30)29-3,32-13-15-6-4-7-16(26)10-15)11-20(22(21)34-24)31-14-17-18(27)8-5-9-19(17)28/h4-10,20-22H,11-14H2,1-3H3,(H,29,30)/t20?,21-,22+,25-/m1/s1. The maximum Gasteiger partial charge on any atom is 0.252 e. The van der Waals surface area contributed by atoms with Crippen molar-refractivity contribution in [1.82, 2.24) is 5.32 Å². The molecule has 0 radical (unpaired) electrons. The SMILES string of the molecule is CNC(=O)[C@@]1(OCc2cccc(Cl)c2)CC(OCc2c(F)cccc2F)[C@@H]2OC(C)(C)O[C@@H]2C1. The second-order valence-corrected chi connectivity index (χ2v) is 9.52. The van der Waals surface area contributed by atoms with E-state index >= 15 is 0 Å². The molecule has 4 atom stereocenters. The Morgan fingerprint density at radius 1 is 1.12 bits per heavy atom. The molecule has 0 aromatic heterocycles. The van der Waals surface area contributed by atoms with Gasteiger partial charge in [0.05, 0.1) is 25.4 Å². The number of carbonyl (C=O) groups excluding carboxylic acids is 1. The van der Waals surface area contributed by atoms with Gasteiger partial charge in [0.1, 0.15) is 17.7 Å². The van der Waals surface area contributed by atoms with E-state index in [0.717, 1.165) is 5.56 Å². The predicted molar refractivity (Wildman–Crippen MR) is 121 cm³/mol. The van der Waals surface area contributed by atoms with Crippen molar-refractivity contribution in [2.75, 3.05) is 7.05 Å².